The van der Waals surface area contributed by atoms with Crippen LogP contribution in [0.15, 0.2) is 59.6 Å². The second-order valence-corrected chi connectivity index (χ2v) is 9.45. The van der Waals surface area contributed by atoms with Crippen molar-refractivity contribution >= 4 is 27.3 Å². The van der Waals surface area contributed by atoms with Crippen LogP contribution in [-0.2, 0) is 14.8 Å². The molecule has 0 radical (unpaired) electrons. The second kappa shape index (κ2) is 7.61. The summed E-state index contributed by atoms with van der Waals surface area (Å²) in [7, 11) is -3.85. The van der Waals surface area contributed by atoms with E-state index in [1.165, 1.54) is 12.1 Å². The number of pyridine rings is 1. The van der Waals surface area contributed by atoms with E-state index in [1.807, 2.05) is 19.1 Å². The Balaban J connectivity index is 1.61. The normalized spacial score (nSPS) is 14.9. The third-order valence-electron chi connectivity index (χ3n) is 5.57. The van der Waals surface area contributed by atoms with Crippen LogP contribution in [0.5, 0.6) is 11.5 Å². The number of anilines is 2. The van der Waals surface area contributed by atoms with Crippen LogP contribution in [0.1, 0.15) is 18.5 Å². The number of ether oxygens (including phenoxy) is 2. The second-order valence-electron chi connectivity index (χ2n) is 7.88. The molecule has 9 heteroatoms. The monoisotopic (exact) mass is 451 g/mol. The summed E-state index contributed by atoms with van der Waals surface area (Å²) in [6, 6.07) is 13.6. The summed E-state index contributed by atoms with van der Waals surface area (Å²) in [6.07, 6.45) is 3.35. The van der Waals surface area contributed by atoms with Crippen LogP contribution in [0.25, 0.3) is 11.1 Å². The first-order valence-corrected chi connectivity index (χ1v) is 11.7. The van der Waals surface area contributed by atoms with Crippen molar-refractivity contribution in [1.82, 2.24) is 4.98 Å². The number of nitrogens with zero attached hydrogens (tertiary/aromatic N) is 2. The van der Waals surface area contributed by atoms with E-state index in [9.17, 15) is 13.2 Å². The van der Waals surface area contributed by atoms with Crippen LogP contribution in [0.4, 0.5) is 11.4 Å². The lowest BCUT2D eigenvalue weighted by molar-refractivity contribution is -0.119. The van der Waals surface area contributed by atoms with E-state index < -0.39 is 10.0 Å². The Bertz CT molecular complexity index is 1340. The van der Waals surface area contributed by atoms with Crippen molar-refractivity contribution in [3.05, 3.63) is 60.4 Å². The summed E-state index contributed by atoms with van der Waals surface area (Å²) in [5, 5.41) is 5.30. The largest absolute Gasteiger partial charge is 0.454 e. The number of rotatable bonds is 5. The average Bonchev–Trinajstić information content (AvgIpc) is 3.52. The van der Waals surface area contributed by atoms with E-state index in [0.717, 1.165) is 12.8 Å². The van der Waals surface area contributed by atoms with E-state index in [0.29, 0.717) is 39.7 Å². The highest BCUT2D eigenvalue weighted by molar-refractivity contribution is 7.89. The lowest BCUT2D eigenvalue weighted by Crippen LogP contribution is -2.27. The van der Waals surface area contributed by atoms with Crippen molar-refractivity contribution in [2.45, 2.75) is 24.7 Å². The van der Waals surface area contributed by atoms with Crippen molar-refractivity contribution in [3.8, 4) is 22.6 Å². The fourth-order valence-corrected chi connectivity index (χ4v) is 4.28. The zero-order chi connectivity index (χ0) is 22.5. The Kier molecular flexibility index (Phi) is 4.87. The molecule has 0 unspecified atom stereocenters. The molecule has 0 atom stereocenters. The number of fused-ring (bicyclic) bond motifs is 1. The highest BCUT2D eigenvalue weighted by atomic mass is 32.2. The molecule has 0 saturated heterocycles. The van der Waals surface area contributed by atoms with Gasteiger partial charge in [-0.15, -0.1) is 0 Å². The van der Waals surface area contributed by atoms with E-state index in [4.69, 9.17) is 14.6 Å². The van der Waals surface area contributed by atoms with Crippen LogP contribution in [0, 0.1) is 12.8 Å². The molecule has 1 fully saturated rings. The van der Waals surface area contributed by atoms with Gasteiger partial charge in [0.25, 0.3) is 0 Å². The number of nitrogens with two attached hydrogens (primary N) is 1. The summed E-state index contributed by atoms with van der Waals surface area (Å²) in [4.78, 5) is 19.4. The van der Waals surface area contributed by atoms with Gasteiger partial charge < -0.3 is 9.47 Å². The molecule has 0 bridgehead atoms. The topological polar surface area (TPSA) is 112 Å². The maximum Gasteiger partial charge on any atom is 0.238 e. The minimum absolute atomic E-state index is 0.0150. The number of primary sulfonamides is 1. The summed E-state index contributed by atoms with van der Waals surface area (Å²) in [5.74, 6) is 1.17. The Morgan fingerprint density at radius 3 is 2.59 bits per heavy atom. The molecule has 2 heterocycles. The molecule has 1 aromatic heterocycles. The molecule has 2 N–H and O–H groups in total. The summed E-state index contributed by atoms with van der Waals surface area (Å²) < 4.78 is 34.5. The third kappa shape index (κ3) is 3.80. The van der Waals surface area contributed by atoms with E-state index in [-0.39, 0.29) is 23.5 Å². The van der Waals surface area contributed by atoms with E-state index in [2.05, 4.69) is 4.98 Å². The smallest absolute Gasteiger partial charge is 0.238 e. The quantitative estimate of drug-likeness (QED) is 0.635. The van der Waals surface area contributed by atoms with Crippen LogP contribution < -0.4 is 19.5 Å². The Morgan fingerprint density at radius 1 is 1.06 bits per heavy atom. The van der Waals surface area contributed by atoms with Gasteiger partial charge in [-0.25, -0.2) is 13.6 Å². The van der Waals surface area contributed by atoms with Gasteiger partial charge in [0.15, 0.2) is 11.5 Å². The fraction of sp³-hybridized carbons (Fsp3) is 0.217. The average molecular weight is 452 g/mol. The molecular weight excluding hydrogens is 430 g/mol. The van der Waals surface area contributed by atoms with Crippen LogP contribution in [-0.4, -0.2) is 26.1 Å². The molecular formula is C23H21N3O5S. The Labute approximate surface area is 185 Å². The highest BCUT2D eigenvalue weighted by Crippen LogP contribution is 2.41. The number of sulfonamides is 1. The molecule has 1 saturated carbocycles. The zero-order valence-electron chi connectivity index (χ0n) is 17.3. The van der Waals surface area contributed by atoms with Gasteiger partial charge in [0, 0.05) is 23.2 Å². The fourth-order valence-electron chi connectivity index (χ4n) is 3.72. The van der Waals surface area contributed by atoms with Gasteiger partial charge in [0.1, 0.15) is 0 Å². The number of aryl methyl sites for hydroxylation is 1. The first-order valence-electron chi connectivity index (χ1n) is 10.1. The van der Waals surface area contributed by atoms with Crippen molar-refractivity contribution in [2.75, 3.05) is 11.7 Å². The first kappa shape index (κ1) is 20.5. The van der Waals surface area contributed by atoms with Crippen LogP contribution in [0.3, 0.4) is 0 Å². The van der Waals surface area contributed by atoms with Gasteiger partial charge in [-0.1, -0.05) is 12.1 Å². The van der Waals surface area contributed by atoms with Crippen LogP contribution >= 0.6 is 0 Å². The molecule has 1 amide bonds. The minimum atomic E-state index is -3.85. The zero-order valence-corrected chi connectivity index (χ0v) is 18.1. The summed E-state index contributed by atoms with van der Waals surface area (Å²) >= 11 is 0. The Hall–Kier alpha value is -3.43. The molecule has 1 aliphatic heterocycles. The molecule has 8 nitrogen and oxygen atoms in total. The van der Waals surface area contributed by atoms with E-state index in [1.54, 1.807) is 35.4 Å². The standard InChI is InChI=1S/C23H21N3O5S/c1-14-20(16-3-2-4-19(9-16)32(24,28)29)10-18(12-25-14)26(23(27)15-5-6-15)17-7-8-21-22(11-17)31-13-30-21/h2-4,7-12,15H,5-6,13H2,1H3,(H2,24,28,29). The molecule has 0 spiro atoms. The highest BCUT2D eigenvalue weighted by Gasteiger charge is 2.35. The van der Waals surface area contributed by atoms with Gasteiger partial charge in [0.05, 0.1) is 22.5 Å². The number of hydrogen-bond donors (Lipinski definition) is 1. The number of amides is 1. The molecule has 3 aromatic rings. The lowest BCUT2D eigenvalue weighted by Gasteiger charge is -2.24. The van der Waals surface area contributed by atoms with Gasteiger partial charge in [-0.3, -0.25) is 14.7 Å². The Morgan fingerprint density at radius 2 is 1.84 bits per heavy atom. The number of carbonyl (C=O) groups is 1. The van der Waals surface area contributed by atoms with Crippen molar-refractivity contribution in [2.24, 2.45) is 11.1 Å². The molecule has 32 heavy (non-hydrogen) atoms. The predicted octanol–water partition coefficient (Wildman–Crippen LogP) is 3.51. The lowest BCUT2D eigenvalue weighted by atomic mass is 10.0. The van der Waals surface area contributed by atoms with Crippen molar-refractivity contribution in [3.63, 3.8) is 0 Å². The van der Waals surface area contributed by atoms with Gasteiger partial charge in [0.2, 0.25) is 22.7 Å². The van der Waals surface area contributed by atoms with Crippen molar-refractivity contribution in [1.29, 1.82) is 0 Å². The first-order chi connectivity index (χ1) is 15.3. The third-order valence-corrected chi connectivity index (χ3v) is 6.48. The van der Waals surface area contributed by atoms with Gasteiger partial charge >= 0.3 is 0 Å². The van der Waals surface area contributed by atoms with Gasteiger partial charge in [-0.2, -0.15) is 0 Å². The SMILES string of the molecule is Cc1ncc(N(C(=O)C2CC2)c2ccc3c(c2)OCO3)cc1-c1cccc(S(N)(=O)=O)c1. The maximum absolute atomic E-state index is 13.3. The number of aromatic nitrogens is 1. The molecule has 2 aromatic carbocycles. The summed E-state index contributed by atoms with van der Waals surface area (Å²) in [6.45, 7) is 1.97. The van der Waals surface area contributed by atoms with Gasteiger partial charge in [-0.05, 0) is 55.7 Å². The number of benzene rings is 2. The molecule has 5 rings (SSSR count). The minimum Gasteiger partial charge on any atom is -0.454 e. The molecule has 2 aliphatic rings. The number of carbonyl (C=O) groups excluding carboxylic acids is 1. The summed E-state index contributed by atoms with van der Waals surface area (Å²) in [5.41, 5.74) is 3.29. The number of hydrogen-bond acceptors (Lipinski definition) is 6. The van der Waals surface area contributed by atoms with Crippen LogP contribution in [0.2, 0.25) is 0 Å². The molecule has 164 valence electrons. The predicted molar refractivity (Wildman–Crippen MR) is 118 cm³/mol. The maximum atomic E-state index is 13.3. The van der Waals surface area contributed by atoms with E-state index >= 15 is 0 Å². The molecule has 1 aliphatic carbocycles. The van der Waals surface area contributed by atoms with Crippen molar-refractivity contribution < 1.29 is 22.7 Å².